The third kappa shape index (κ3) is 3.26. The van der Waals surface area contributed by atoms with E-state index in [1.165, 1.54) is 30.6 Å². The fraction of sp³-hybridized carbons (Fsp3) is 0.579. The summed E-state index contributed by atoms with van der Waals surface area (Å²) in [7, 11) is 0. The van der Waals surface area contributed by atoms with E-state index >= 15 is 0 Å². The molecule has 1 nitrogen and oxygen atoms in total. The molecule has 1 saturated heterocycles. The van der Waals surface area contributed by atoms with E-state index in [0.29, 0.717) is 12.0 Å². The molecule has 0 amide bonds. The fourth-order valence-corrected chi connectivity index (χ4v) is 3.46. The van der Waals surface area contributed by atoms with E-state index in [9.17, 15) is 0 Å². The van der Waals surface area contributed by atoms with E-state index in [2.05, 4.69) is 69.0 Å². The topological polar surface area (TPSA) is 3.24 Å². The first-order valence-electron chi connectivity index (χ1n) is 8.18. The third-order valence-electron chi connectivity index (χ3n) is 4.73. The lowest BCUT2D eigenvalue weighted by Crippen LogP contribution is -2.29. The number of rotatable bonds is 5. The largest absolute Gasteiger partial charge is 0.372 e. The lowest BCUT2D eigenvalue weighted by molar-refractivity contribution is 0.314. The molecule has 2 rings (SSSR count). The molecule has 110 valence electrons. The molecule has 0 aliphatic carbocycles. The standard InChI is InChI=1S/C19H29N/c1-5-10-19(16(4)18-11-8-7-9-12-18)20-14-17(6-2)13-15(20)3/h7-12,15-17H,5-6,13-14H2,1-4H3/t15-,16?,17?/m1/s1. The van der Waals surface area contributed by atoms with Gasteiger partial charge in [-0.25, -0.2) is 0 Å². The zero-order chi connectivity index (χ0) is 14.5. The van der Waals surface area contributed by atoms with Crippen molar-refractivity contribution < 1.29 is 0 Å². The normalized spacial score (nSPS) is 25.0. The van der Waals surface area contributed by atoms with Crippen LogP contribution < -0.4 is 0 Å². The molecule has 1 aliphatic rings. The molecule has 20 heavy (non-hydrogen) atoms. The molecule has 1 aliphatic heterocycles. The first-order chi connectivity index (χ1) is 9.67. The van der Waals surface area contributed by atoms with E-state index in [1.807, 2.05) is 0 Å². The van der Waals surface area contributed by atoms with Crippen LogP contribution in [0, 0.1) is 5.92 Å². The van der Waals surface area contributed by atoms with Crippen molar-refractivity contribution in [2.24, 2.45) is 5.92 Å². The molecule has 2 unspecified atom stereocenters. The summed E-state index contributed by atoms with van der Waals surface area (Å²) in [6, 6.07) is 11.6. The number of nitrogens with zero attached hydrogens (tertiary/aromatic N) is 1. The lowest BCUT2D eigenvalue weighted by atomic mass is 9.95. The van der Waals surface area contributed by atoms with E-state index in [0.717, 1.165) is 12.3 Å². The van der Waals surface area contributed by atoms with Crippen LogP contribution in [-0.4, -0.2) is 17.5 Å². The maximum absolute atomic E-state index is 2.66. The number of benzene rings is 1. The van der Waals surface area contributed by atoms with Crippen molar-refractivity contribution in [3.05, 3.63) is 47.7 Å². The quantitative estimate of drug-likeness (QED) is 0.711. The maximum Gasteiger partial charge on any atom is 0.0262 e. The van der Waals surface area contributed by atoms with Crippen LogP contribution in [0.5, 0.6) is 0 Å². The molecule has 0 spiro atoms. The smallest absolute Gasteiger partial charge is 0.0262 e. The van der Waals surface area contributed by atoms with Crippen molar-refractivity contribution in [2.45, 2.75) is 58.9 Å². The highest BCUT2D eigenvalue weighted by Crippen LogP contribution is 2.35. The second-order valence-corrected chi connectivity index (χ2v) is 6.18. The Balaban J connectivity index is 2.22. The SMILES string of the molecule is CCC=C(C(C)c1ccccc1)N1CC(CC)C[C@H]1C. The summed E-state index contributed by atoms with van der Waals surface area (Å²) in [5, 5.41) is 0. The molecule has 0 aromatic heterocycles. The van der Waals surface area contributed by atoms with Crippen molar-refractivity contribution in [3.8, 4) is 0 Å². The highest BCUT2D eigenvalue weighted by Gasteiger charge is 2.31. The van der Waals surface area contributed by atoms with Gasteiger partial charge >= 0.3 is 0 Å². The Bertz CT molecular complexity index is 434. The molecule has 1 heteroatoms. The molecule has 3 atom stereocenters. The van der Waals surface area contributed by atoms with Gasteiger partial charge in [-0.2, -0.15) is 0 Å². The Kier molecular flexibility index (Phi) is 5.28. The van der Waals surface area contributed by atoms with Crippen LogP contribution in [0.4, 0.5) is 0 Å². The number of hydrogen-bond acceptors (Lipinski definition) is 1. The summed E-state index contributed by atoms with van der Waals surface area (Å²) in [4.78, 5) is 2.66. The van der Waals surface area contributed by atoms with Crippen LogP contribution in [0.3, 0.4) is 0 Å². The zero-order valence-electron chi connectivity index (χ0n) is 13.5. The second kappa shape index (κ2) is 6.97. The first kappa shape index (κ1) is 15.2. The molecule has 0 radical (unpaired) electrons. The predicted molar refractivity (Wildman–Crippen MR) is 87.8 cm³/mol. The van der Waals surface area contributed by atoms with E-state index < -0.39 is 0 Å². The van der Waals surface area contributed by atoms with Gasteiger partial charge in [-0.05, 0) is 31.2 Å². The Labute approximate surface area is 124 Å². The van der Waals surface area contributed by atoms with Crippen LogP contribution in [0.25, 0.3) is 0 Å². The number of hydrogen-bond donors (Lipinski definition) is 0. The molecule has 1 fully saturated rings. The minimum atomic E-state index is 0.495. The molecule has 0 bridgehead atoms. The highest BCUT2D eigenvalue weighted by molar-refractivity contribution is 5.28. The Morgan fingerprint density at radius 3 is 2.55 bits per heavy atom. The molecule has 1 aromatic rings. The van der Waals surface area contributed by atoms with Crippen molar-refractivity contribution in [3.63, 3.8) is 0 Å². The summed E-state index contributed by atoms with van der Waals surface area (Å²) >= 11 is 0. The summed E-state index contributed by atoms with van der Waals surface area (Å²) in [5.74, 6) is 1.36. The van der Waals surface area contributed by atoms with E-state index in [1.54, 1.807) is 0 Å². The minimum Gasteiger partial charge on any atom is -0.372 e. The minimum absolute atomic E-state index is 0.495. The summed E-state index contributed by atoms with van der Waals surface area (Å²) in [6.45, 7) is 10.5. The number of likely N-dealkylation sites (tertiary alicyclic amines) is 1. The van der Waals surface area contributed by atoms with E-state index in [4.69, 9.17) is 0 Å². The first-order valence-corrected chi connectivity index (χ1v) is 8.18. The van der Waals surface area contributed by atoms with Gasteiger partial charge in [0, 0.05) is 24.2 Å². The van der Waals surface area contributed by atoms with Crippen LogP contribution in [0.15, 0.2) is 42.1 Å². The van der Waals surface area contributed by atoms with Gasteiger partial charge < -0.3 is 4.90 Å². The molecular formula is C19H29N. The van der Waals surface area contributed by atoms with Crippen molar-refractivity contribution in [1.29, 1.82) is 0 Å². The predicted octanol–water partition coefficient (Wildman–Crippen LogP) is 5.20. The van der Waals surface area contributed by atoms with Gasteiger partial charge in [-0.1, -0.05) is 63.6 Å². The van der Waals surface area contributed by atoms with Gasteiger partial charge in [0.25, 0.3) is 0 Å². The molecular weight excluding hydrogens is 242 g/mol. The maximum atomic E-state index is 2.66. The zero-order valence-corrected chi connectivity index (χ0v) is 13.5. The Morgan fingerprint density at radius 2 is 2.00 bits per heavy atom. The second-order valence-electron chi connectivity index (χ2n) is 6.18. The van der Waals surface area contributed by atoms with Crippen LogP contribution in [0.2, 0.25) is 0 Å². The lowest BCUT2D eigenvalue weighted by Gasteiger charge is -2.31. The van der Waals surface area contributed by atoms with Gasteiger partial charge in [0.1, 0.15) is 0 Å². The van der Waals surface area contributed by atoms with Crippen LogP contribution in [0.1, 0.15) is 58.4 Å². The highest BCUT2D eigenvalue weighted by atomic mass is 15.2. The number of allylic oxidation sites excluding steroid dienone is 2. The molecule has 1 heterocycles. The average molecular weight is 271 g/mol. The van der Waals surface area contributed by atoms with Crippen molar-refractivity contribution >= 4 is 0 Å². The van der Waals surface area contributed by atoms with Gasteiger partial charge in [-0.15, -0.1) is 0 Å². The van der Waals surface area contributed by atoms with Gasteiger partial charge in [0.2, 0.25) is 0 Å². The monoisotopic (exact) mass is 271 g/mol. The van der Waals surface area contributed by atoms with E-state index in [-0.39, 0.29) is 0 Å². The molecule has 0 N–H and O–H groups in total. The van der Waals surface area contributed by atoms with Gasteiger partial charge in [0.05, 0.1) is 0 Å². The summed E-state index contributed by atoms with van der Waals surface area (Å²) in [5.41, 5.74) is 2.96. The van der Waals surface area contributed by atoms with Crippen molar-refractivity contribution in [2.75, 3.05) is 6.54 Å². The van der Waals surface area contributed by atoms with Gasteiger partial charge in [-0.3, -0.25) is 0 Å². The molecule has 1 aromatic carbocycles. The average Bonchev–Trinajstić information content (AvgIpc) is 2.86. The van der Waals surface area contributed by atoms with Crippen molar-refractivity contribution in [1.82, 2.24) is 4.90 Å². The fourth-order valence-electron chi connectivity index (χ4n) is 3.46. The Hall–Kier alpha value is -1.24. The Morgan fingerprint density at radius 1 is 1.30 bits per heavy atom. The summed E-state index contributed by atoms with van der Waals surface area (Å²) in [6.07, 6.45) is 6.21. The summed E-state index contributed by atoms with van der Waals surface area (Å²) < 4.78 is 0. The molecule has 0 saturated carbocycles. The van der Waals surface area contributed by atoms with Crippen LogP contribution >= 0.6 is 0 Å². The van der Waals surface area contributed by atoms with Crippen LogP contribution in [-0.2, 0) is 0 Å². The van der Waals surface area contributed by atoms with Gasteiger partial charge in [0.15, 0.2) is 0 Å². The third-order valence-corrected chi connectivity index (χ3v) is 4.73.